The Morgan fingerprint density at radius 2 is 1.71 bits per heavy atom. The van der Waals surface area contributed by atoms with E-state index in [0.717, 1.165) is 6.42 Å². The molecule has 0 bridgehead atoms. The van der Waals surface area contributed by atoms with E-state index in [0.29, 0.717) is 0 Å². The molecule has 0 radical (unpaired) electrons. The highest BCUT2D eigenvalue weighted by molar-refractivity contribution is 5.15. The molecule has 0 aliphatic carbocycles. The maximum Gasteiger partial charge on any atom is 0.0620 e. The zero-order valence-corrected chi connectivity index (χ0v) is 9.33. The molecule has 2 nitrogen and oxygen atoms in total. The molecule has 0 saturated carbocycles. The first kappa shape index (κ1) is 13.1. The quantitative estimate of drug-likeness (QED) is 0.779. The zero-order valence-electron chi connectivity index (χ0n) is 9.33. The molecular weight excluding hydrogens is 174 g/mol. The van der Waals surface area contributed by atoms with E-state index in [1.165, 1.54) is 5.56 Å². The van der Waals surface area contributed by atoms with Crippen LogP contribution in [0.15, 0.2) is 30.3 Å². The van der Waals surface area contributed by atoms with E-state index in [-0.39, 0.29) is 12.1 Å². The molecule has 0 spiro atoms. The summed E-state index contributed by atoms with van der Waals surface area (Å²) in [5.74, 6) is 0.287. The van der Waals surface area contributed by atoms with Gasteiger partial charge in [-0.3, -0.25) is 0 Å². The fraction of sp³-hybridized carbons (Fsp3) is 0.500. The van der Waals surface area contributed by atoms with E-state index < -0.39 is 5.60 Å². The van der Waals surface area contributed by atoms with Crippen molar-refractivity contribution in [1.29, 1.82) is 0 Å². The van der Waals surface area contributed by atoms with Gasteiger partial charge < -0.3 is 11.3 Å². The zero-order chi connectivity index (χ0) is 9.90. The second-order valence-corrected chi connectivity index (χ2v) is 4.24. The monoisotopic (exact) mass is 195 g/mol. The van der Waals surface area contributed by atoms with Gasteiger partial charge in [-0.25, -0.2) is 0 Å². The van der Waals surface area contributed by atoms with Crippen molar-refractivity contribution >= 4 is 0 Å². The fourth-order valence-electron chi connectivity index (χ4n) is 1.22. The van der Waals surface area contributed by atoms with Gasteiger partial charge in [0.2, 0.25) is 0 Å². The molecule has 0 aliphatic heterocycles. The molecule has 2 heteroatoms. The van der Waals surface area contributed by atoms with Crippen molar-refractivity contribution in [2.75, 3.05) is 0 Å². The van der Waals surface area contributed by atoms with Crippen LogP contribution in [0.5, 0.6) is 0 Å². The van der Waals surface area contributed by atoms with Crippen LogP contribution in [0.1, 0.15) is 26.3 Å². The Hall–Kier alpha value is -0.860. The van der Waals surface area contributed by atoms with Gasteiger partial charge in [0.15, 0.2) is 0 Å². The molecule has 0 aromatic heterocycles. The SMILES string of the molecule is CC(Cc1ccccc1)C(C)(C)O.N. The smallest absolute Gasteiger partial charge is 0.0620 e. The summed E-state index contributed by atoms with van der Waals surface area (Å²) in [6, 6.07) is 10.3. The topological polar surface area (TPSA) is 55.2 Å². The first-order valence-corrected chi connectivity index (χ1v) is 4.76. The second-order valence-electron chi connectivity index (χ2n) is 4.24. The summed E-state index contributed by atoms with van der Waals surface area (Å²) in [6.45, 7) is 5.80. The van der Waals surface area contributed by atoms with Gasteiger partial charge in [-0.1, -0.05) is 37.3 Å². The number of rotatable bonds is 3. The van der Waals surface area contributed by atoms with E-state index in [9.17, 15) is 5.11 Å². The molecule has 80 valence electrons. The van der Waals surface area contributed by atoms with Crippen molar-refractivity contribution < 1.29 is 5.11 Å². The van der Waals surface area contributed by atoms with Crippen molar-refractivity contribution in [2.24, 2.45) is 5.92 Å². The van der Waals surface area contributed by atoms with Crippen molar-refractivity contribution in [3.63, 3.8) is 0 Å². The summed E-state index contributed by atoms with van der Waals surface area (Å²) in [5, 5.41) is 9.75. The van der Waals surface area contributed by atoms with Gasteiger partial charge in [0.05, 0.1) is 5.60 Å². The second kappa shape index (κ2) is 5.13. The molecule has 1 aromatic rings. The minimum atomic E-state index is -0.587. The van der Waals surface area contributed by atoms with Crippen molar-refractivity contribution in [3.8, 4) is 0 Å². The summed E-state index contributed by atoms with van der Waals surface area (Å²) in [4.78, 5) is 0. The molecule has 0 saturated heterocycles. The largest absolute Gasteiger partial charge is 0.390 e. The summed E-state index contributed by atoms with van der Waals surface area (Å²) in [6.07, 6.45) is 0.935. The predicted octanol–water partition coefficient (Wildman–Crippen LogP) is 2.80. The van der Waals surface area contributed by atoms with E-state index in [2.05, 4.69) is 19.1 Å². The molecule has 0 amide bonds. The van der Waals surface area contributed by atoms with Gasteiger partial charge in [0.1, 0.15) is 0 Å². The van der Waals surface area contributed by atoms with Crippen LogP contribution in [0.3, 0.4) is 0 Å². The average Bonchev–Trinajstić information content (AvgIpc) is 2.04. The summed E-state index contributed by atoms with van der Waals surface area (Å²) >= 11 is 0. The number of aliphatic hydroxyl groups is 1. The van der Waals surface area contributed by atoms with Gasteiger partial charge in [-0.15, -0.1) is 0 Å². The molecule has 0 heterocycles. The molecule has 1 aromatic carbocycles. The maximum atomic E-state index is 9.75. The number of hydrogen-bond acceptors (Lipinski definition) is 2. The first-order valence-electron chi connectivity index (χ1n) is 4.76. The highest BCUT2D eigenvalue weighted by Gasteiger charge is 2.21. The molecule has 0 aliphatic rings. The molecular formula is C12H21NO. The Kier molecular flexibility index (Phi) is 4.81. The highest BCUT2D eigenvalue weighted by Crippen LogP contribution is 2.20. The lowest BCUT2D eigenvalue weighted by Gasteiger charge is -2.25. The van der Waals surface area contributed by atoms with Gasteiger partial charge in [0.25, 0.3) is 0 Å². The third kappa shape index (κ3) is 3.90. The van der Waals surface area contributed by atoms with E-state index in [1.54, 1.807) is 0 Å². The third-order valence-corrected chi connectivity index (χ3v) is 2.59. The van der Waals surface area contributed by atoms with Crippen molar-refractivity contribution in [2.45, 2.75) is 32.8 Å². The van der Waals surface area contributed by atoms with E-state index in [1.807, 2.05) is 32.0 Å². The Bertz CT molecular complexity index is 251. The van der Waals surface area contributed by atoms with Crippen molar-refractivity contribution in [1.82, 2.24) is 6.15 Å². The first-order chi connectivity index (χ1) is 6.00. The van der Waals surface area contributed by atoms with Crippen LogP contribution in [-0.4, -0.2) is 10.7 Å². The van der Waals surface area contributed by atoms with Crippen molar-refractivity contribution in [3.05, 3.63) is 35.9 Å². The van der Waals surface area contributed by atoms with E-state index >= 15 is 0 Å². The van der Waals surface area contributed by atoms with Crippen LogP contribution in [-0.2, 0) is 6.42 Å². The van der Waals surface area contributed by atoms with Crippen LogP contribution in [0.25, 0.3) is 0 Å². The average molecular weight is 195 g/mol. The maximum absolute atomic E-state index is 9.75. The van der Waals surface area contributed by atoms with Gasteiger partial charge in [-0.05, 0) is 31.7 Å². The van der Waals surface area contributed by atoms with Gasteiger partial charge >= 0.3 is 0 Å². The standard InChI is InChI=1S/C12H18O.H3N/c1-10(12(2,3)13)9-11-7-5-4-6-8-11;/h4-8,10,13H,9H2,1-3H3;1H3. The molecule has 1 rings (SSSR count). The lowest BCUT2D eigenvalue weighted by molar-refractivity contribution is 0.0251. The minimum Gasteiger partial charge on any atom is -0.390 e. The van der Waals surface area contributed by atoms with Crippen LogP contribution in [0, 0.1) is 5.92 Å². The summed E-state index contributed by atoms with van der Waals surface area (Å²) in [5.41, 5.74) is 0.702. The lowest BCUT2D eigenvalue weighted by atomic mass is 9.87. The fourth-order valence-corrected chi connectivity index (χ4v) is 1.22. The Balaban J connectivity index is 0.00000169. The Morgan fingerprint density at radius 1 is 1.21 bits per heavy atom. The molecule has 1 unspecified atom stereocenters. The molecule has 14 heavy (non-hydrogen) atoms. The lowest BCUT2D eigenvalue weighted by Crippen LogP contribution is -2.29. The Morgan fingerprint density at radius 3 is 2.14 bits per heavy atom. The predicted molar refractivity (Wildman–Crippen MR) is 60.6 cm³/mol. The minimum absolute atomic E-state index is 0. The number of benzene rings is 1. The highest BCUT2D eigenvalue weighted by atomic mass is 16.3. The van der Waals surface area contributed by atoms with Crippen LogP contribution >= 0.6 is 0 Å². The third-order valence-electron chi connectivity index (χ3n) is 2.59. The van der Waals surface area contributed by atoms with Gasteiger partial charge in [-0.2, -0.15) is 0 Å². The van der Waals surface area contributed by atoms with Crippen LogP contribution in [0.2, 0.25) is 0 Å². The summed E-state index contributed by atoms with van der Waals surface area (Å²) < 4.78 is 0. The number of hydrogen-bond donors (Lipinski definition) is 2. The molecule has 1 atom stereocenters. The van der Waals surface area contributed by atoms with Gasteiger partial charge in [0, 0.05) is 0 Å². The van der Waals surface area contributed by atoms with Crippen LogP contribution < -0.4 is 6.15 Å². The normalized spacial score (nSPS) is 13.1. The van der Waals surface area contributed by atoms with Crippen LogP contribution in [0.4, 0.5) is 0 Å². The summed E-state index contributed by atoms with van der Waals surface area (Å²) in [7, 11) is 0. The Labute approximate surface area is 86.6 Å². The molecule has 0 fully saturated rings. The van der Waals surface area contributed by atoms with E-state index in [4.69, 9.17) is 0 Å². The molecule has 4 N–H and O–H groups in total.